The summed E-state index contributed by atoms with van der Waals surface area (Å²) in [7, 11) is 0. The van der Waals surface area contributed by atoms with Gasteiger partial charge in [-0.15, -0.1) is 11.3 Å². The van der Waals surface area contributed by atoms with Crippen LogP contribution >= 0.6 is 11.3 Å². The SMILES string of the molecule is CC(C)N(CC(=O)Nc1nc(CC(=O)NCCC(c2ccccc2)c2ccccc2)cs1)C(=O)C1CCCCC1. The third-order valence-corrected chi connectivity index (χ3v) is 8.28. The molecule has 3 amide bonds. The zero-order valence-electron chi connectivity index (χ0n) is 23.5. The van der Waals surface area contributed by atoms with Crippen molar-refractivity contribution in [3.63, 3.8) is 0 Å². The predicted octanol–water partition coefficient (Wildman–Crippen LogP) is 5.78. The number of amides is 3. The third kappa shape index (κ3) is 8.49. The molecule has 0 bridgehead atoms. The van der Waals surface area contributed by atoms with Crippen LogP contribution in [0, 0.1) is 5.92 Å². The summed E-state index contributed by atoms with van der Waals surface area (Å²) in [6.07, 6.45) is 6.06. The molecule has 0 saturated heterocycles. The number of nitrogens with one attached hydrogen (secondary N) is 2. The summed E-state index contributed by atoms with van der Waals surface area (Å²) in [5, 5.41) is 8.07. The minimum Gasteiger partial charge on any atom is -0.356 e. The van der Waals surface area contributed by atoms with Crippen molar-refractivity contribution in [2.45, 2.75) is 70.8 Å². The minimum absolute atomic E-state index is 0.00634. The Morgan fingerprint density at radius 3 is 2.15 bits per heavy atom. The van der Waals surface area contributed by atoms with Crippen molar-refractivity contribution in [3.05, 3.63) is 82.9 Å². The smallest absolute Gasteiger partial charge is 0.245 e. The van der Waals surface area contributed by atoms with E-state index in [1.807, 2.05) is 50.2 Å². The summed E-state index contributed by atoms with van der Waals surface area (Å²) in [6, 6.07) is 20.6. The highest BCUT2D eigenvalue weighted by atomic mass is 32.1. The van der Waals surface area contributed by atoms with Gasteiger partial charge in [-0.2, -0.15) is 0 Å². The molecule has 8 heteroatoms. The van der Waals surface area contributed by atoms with Gasteiger partial charge in [-0.05, 0) is 44.2 Å². The third-order valence-electron chi connectivity index (χ3n) is 7.47. The van der Waals surface area contributed by atoms with Crippen molar-refractivity contribution in [1.82, 2.24) is 15.2 Å². The van der Waals surface area contributed by atoms with Crippen LogP contribution in [0.3, 0.4) is 0 Å². The molecule has 2 N–H and O–H groups in total. The maximum atomic E-state index is 13.0. The maximum absolute atomic E-state index is 13.0. The van der Waals surface area contributed by atoms with Crippen molar-refractivity contribution < 1.29 is 14.4 Å². The van der Waals surface area contributed by atoms with Gasteiger partial charge in [0.1, 0.15) is 6.54 Å². The molecule has 1 fully saturated rings. The summed E-state index contributed by atoms with van der Waals surface area (Å²) in [4.78, 5) is 44.6. The summed E-state index contributed by atoms with van der Waals surface area (Å²) >= 11 is 1.29. The van der Waals surface area contributed by atoms with Crippen molar-refractivity contribution >= 4 is 34.2 Å². The van der Waals surface area contributed by atoms with E-state index in [-0.39, 0.29) is 48.6 Å². The molecule has 0 aliphatic heterocycles. The molecule has 7 nitrogen and oxygen atoms in total. The standard InChI is InChI=1S/C32H40N4O3S/c1-23(2)36(31(39)26-16-10-5-11-17-26)21-30(38)35-32-34-27(22-40-32)20-29(37)33-19-18-28(24-12-6-3-7-13-24)25-14-8-4-9-15-25/h3-4,6-9,12-15,22-23,26,28H,5,10-11,16-21H2,1-2H3,(H,33,37)(H,34,35,38). The molecule has 1 aromatic heterocycles. The normalized spacial score (nSPS) is 13.8. The Morgan fingerprint density at radius 2 is 1.55 bits per heavy atom. The first-order chi connectivity index (χ1) is 19.4. The number of anilines is 1. The van der Waals surface area contributed by atoms with Gasteiger partial charge in [-0.3, -0.25) is 14.4 Å². The Bertz CT molecular complexity index is 1200. The molecule has 1 aliphatic rings. The molecule has 0 spiro atoms. The molecule has 0 atom stereocenters. The maximum Gasteiger partial charge on any atom is 0.245 e. The molecule has 1 heterocycles. The van der Waals surface area contributed by atoms with E-state index >= 15 is 0 Å². The average molecular weight is 561 g/mol. The quantitative estimate of drug-likeness (QED) is 0.294. The topological polar surface area (TPSA) is 91.4 Å². The number of aromatic nitrogens is 1. The lowest BCUT2D eigenvalue weighted by Crippen LogP contribution is -2.45. The first-order valence-electron chi connectivity index (χ1n) is 14.3. The van der Waals surface area contributed by atoms with Crippen LogP contribution in [0.2, 0.25) is 0 Å². The molecular formula is C32H40N4O3S. The zero-order chi connectivity index (χ0) is 28.3. The van der Waals surface area contributed by atoms with Crippen LogP contribution in [0.1, 0.15) is 75.1 Å². The number of rotatable bonds is 12. The van der Waals surface area contributed by atoms with Crippen LogP contribution < -0.4 is 10.6 Å². The predicted molar refractivity (Wildman–Crippen MR) is 160 cm³/mol. The highest BCUT2D eigenvalue weighted by Gasteiger charge is 2.29. The fourth-order valence-corrected chi connectivity index (χ4v) is 6.06. The van der Waals surface area contributed by atoms with Crippen LogP contribution in [0.25, 0.3) is 0 Å². The molecule has 40 heavy (non-hydrogen) atoms. The van der Waals surface area contributed by atoms with Gasteiger partial charge < -0.3 is 15.5 Å². The Labute approximate surface area is 241 Å². The lowest BCUT2D eigenvalue weighted by molar-refractivity contribution is -0.141. The molecule has 0 unspecified atom stereocenters. The second-order valence-corrected chi connectivity index (χ2v) is 11.6. The first kappa shape index (κ1) is 29.5. The average Bonchev–Trinajstić information content (AvgIpc) is 3.41. The Balaban J connectivity index is 1.25. The molecule has 2 aromatic carbocycles. The molecule has 212 valence electrons. The van der Waals surface area contributed by atoms with E-state index in [1.54, 1.807) is 10.3 Å². The van der Waals surface area contributed by atoms with Crippen molar-refractivity contribution in [3.8, 4) is 0 Å². The van der Waals surface area contributed by atoms with Crippen LogP contribution in [0.5, 0.6) is 0 Å². The van der Waals surface area contributed by atoms with Gasteiger partial charge >= 0.3 is 0 Å². The molecule has 1 saturated carbocycles. The van der Waals surface area contributed by atoms with Gasteiger partial charge in [-0.25, -0.2) is 4.98 Å². The zero-order valence-corrected chi connectivity index (χ0v) is 24.3. The fraction of sp³-hybridized carbons (Fsp3) is 0.438. The lowest BCUT2D eigenvalue weighted by atomic mass is 9.88. The van der Waals surface area contributed by atoms with Crippen LogP contribution in [0.4, 0.5) is 5.13 Å². The number of thiazole rings is 1. The summed E-state index contributed by atoms with van der Waals surface area (Å²) in [6.45, 7) is 4.43. The van der Waals surface area contributed by atoms with E-state index in [4.69, 9.17) is 0 Å². The van der Waals surface area contributed by atoms with Gasteiger partial charge in [-0.1, -0.05) is 79.9 Å². The van der Waals surface area contributed by atoms with Gasteiger partial charge in [0.15, 0.2) is 5.13 Å². The second kappa shape index (κ2) is 14.7. The first-order valence-corrected chi connectivity index (χ1v) is 15.2. The van der Waals surface area contributed by atoms with Crippen molar-refractivity contribution in [2.75, 3.05) is 18.4 Å². The molecule has 3 aromatic rings. The number of carbonyl (C=O) groups is 3. The van der Waals surface area contributed by atoms with Crippen molar-refractivity contribution in [1.29, 1.82) is 0 Å². The molecular weight excluding hydrogens is 520 g/mol. The van der Waals surface area contributed by atoms with Gasteiger partial charge in [0.25, 0.3) is 0 Å². The van der Waals surface area contributed by atoms with Gasteiger partial charge in [0.2, 0.25) is 17.7 Å². The molecule has 0 radical (unpaired) electrons. The number of hydrogen-bond donors (Lipinski definition) is 2. The van der Waals surface area contributed by atoms with E-state index < -0.39 is 0 Å². The highest BCUT2D eigenvalue weighted by molar-refractivity contribution is 7.13. The van der Waals surface area contributed by atoms with E-state index in [2.05, 4.69) is 39.9 Å². The highest BCUT2D eigenvalue weighted by Crippen LogP contribution is 2.28. The van der Waals surface area contributed by atoms with E-state index in [9.17, 15) is 14.4 Å². The fourth-order valence-electron chi connectivity index (χ4n) is 5.34. The van der Waals surface area contributed by atoms with E-state index in [0.717, 1.165) is 32.1 Å². The van der Waals surface area contributed by atoms with E-state index in [1.165, 1.54) is 28.9 Å². The number of nitrogens with zero attached hydrogens (tertiary/aromatic N) is 2. The number of hydrogen-bond acceptors (Lipinski definition) is 5. The summed E-state index contributed by atoms with van der Waals surface area (Å²) in [5.74, 6) is -0.0879. The number of carbonyl (C=O) groups excluding carboxylic acids is 3. The van der Waals surface area contributed by atoms with Crippen molar-refractivity contribution in [2.24, 2.45) is 5.92 Å². The van der Waals surface area contributed by atoms with Crippen LogP contribution in [-0.4, -0.2) is 46.7 Å². The largest absolute Gasteiger partial charge is 0.356 e. The monoisotopic (exact) mass is 560 g/mol. The Morgan fingerprint density at radius 1 is 0.925 bits per heavy atom. The van der Waals surface area contributed by atoms with Gasteiger partial charge in [0.05, 0.1) is 12.1 Å². The number of benzene rings is 2. The summed E-state index contributed by atoms with van der Waals surface area (Å²) < 4.78 is 0. The van der Waals surface area contributed by atoms with Crippen LogP contribution in [0.15, 0.2) is 66.0 Å². The minimum atomic E-state index is -0.268. The molecule has 1 aliphatic carbocycles. The molecule has 4 rings (SSSR count). The Kier molecular flexibility index (Phi) is 10.9. The second-order valence-electron chi connectivity index (χ2n) is 10.8. The Hall–Kier alpha value is -3.52. The van der Waals surface area contributed by atoms with Gasteiger partial charge in [0, 0.05) is 29.8 Å². The van der Waals surface area contributed by atoms with Crippen LogP contribution in [-0.2, 0) is 20.8 Å². The van der Waals surface area contributed by atoms with E-state index in [0.29, 0.717) is 17.4 Å². The lowest BCUT2D eigenvalue weighted by Gasteiger charge is -2.31. The summed E-state index contributed by atoms with van der Waals surface area (Å²) in [5.41, 5.74) is 3.05.